The Bertz CT molecular complexity index is 855. The van der Waals surface area contributed by atoms with Gasteiger partial charge >= 0.3 is 0 Å². The molecule has 6 heteroatoms. The molecule has 0 saturated heterocycles. The van der Waals surface area contributed by atoms with Crippen molar-refractivity contribution in [3.63, 3.8) is 0 Å². The molecule has 0 bridgehead atoms. The zero-order valence-corrected chi connectivity index (χ0v) is 17.3. The van der Waals surface area contributed by atoms with Crippen LogP contribution < -0.4 is 20.5 Å². The van der Waals surface area contributed by atoms with Crippen LogP contribution in [0.3, 0.4) is 0 Å². The number of quaternary nitrogens is 1. The molecule has 4 N–H and O–H groups in total. The first-order valence-corrected chi connectivity index (χ1v) is 9.89. The van der Waals surface area contributed by atoms with Crippen molar-refractivity contribution < 1.29 is 14.6 Å². The number of aromatic amines is 1. The largest absolute Gasteiger partial charge is 0.370 e. The molecule has 0 saturated carbocycles. The van der Waals surface area contributed by atoms with Crippen LogP contribution in [0.15, 0.2) is 30.3 Å². The third-order valence-electron chi connectivity index (χ3n) is 4.99. The summed E-state index contributed by atoms with van der Waals surface area (Å²) < 4.78 is 6.04. The smallest absolute Gasteiger partial charge is 0.242 e. The fraction of sp³-hybridized carbons (Fsp3) is 0.455. The van der Waals surface area contributed by atoms with Crippen LogP contribution in [0.25, 0.3) is 0 Å². The van der Waals surface area contributed by atoms with E-state index in [9.17, 15) is 5.26 Å². The monoisotopic (exact) mass is 381 g/mol. The van der Waals surface area contributed by atoms with Crippen molar-refractivity contribution in [3.05, 3.63) is 47.0 Å². The van der Waals surface area contributed by atoms with Gasteiger partial charge < -0.3 is 15.0 Å². The third kappa shape index (κ3) is 4.80. The van der Waals surface area contributed by atoms with E-state index in [2.05, 4.69) is 49.6 Å². The van der Waals surface area contributed by atoms with Gasteiger partial charge in [-0.15, -0.1) is 0 Å². The minimum atomic E-state index is -0.282. The van der Waals surface area contributed by atoms with E-state index in [0.717, 1.165) is 48.0 Å². The number of nitrogens with one attached hydrogen (secondary N) is 4. The molecule has 1 aliphatic rings. The van der Waals surface area contributed by atoms with Crippen LogP contribution in [0.2, 0.25) is 0 Å². The number of ether oxygens (including phenoxy) is 1. The molecule has 0 aliphatic carbocycles. The molecule has 0 fully saturated rings. The number of anilines is 3. The standard InChI is InChI=1S/C22H29N5O/c1-22(2)13-17-18(14-23)21(25-16-9-6-5-7-10-16)26-20(19(17)15-28-22)24-11-8-12-27(3)4/h5-7,9-10H,8,11-13,15H2,1-4H3,(H2,24,25,26)/p+2. The maximum atomic E-state index is 9.91. The minimum absolute atomic E-state index is 0.282. The van der Waals surface area contributed by atoms with E-state index in [1.807, 2.05) is 30.3 Å². The van der Waals surface area contributed by atoms with Gasteiger partial charge in [0.25, 0.3) is 0 Å². The molecule has 0 spiro atoms. The van der Waals surface area contributed by atoms with Crippen LogP contribution in [0.5, 0.6) is 0 Å². The number of H-pyrrole nitrogens is 1. The molecule has 0 amide bonds. The van der Waals surface area contributed by atoms with Gasteiger partial charge in [0.1, 0.15) is 11.6 Å². The molecular formula is C22H31N5O+2. The molecule has 1 aromatic carbocycles. The molecular weight excluding hydrogens is 350 g/mol. The van der Waals surface area contributed by atoms with Gasteiger partial charge in [0.15, 0.2) is 0 Å². The summed E-state index contributed by atoms with van der Waals surface area (Å²) in [6, 6.07) is 12.3. The fourth-order valence-electron chi connectivity index (χ4n) is 3.50. The summed E-state index contributed by atoms with van der Waals surface area (Å²) in [6.45, 7) is 6.62. The van der Waals surface area contributed by atoms with Crippen LogP contribution in [0, 0.1) is 11.3 Å². The number of fused-ring (bicyclic) bond motifs is 1. The van der Waals surface area contributed by atoms with Crippen molar-refractivity contribution in [3.8, 4) is 6.07 Å². The first kappa shape index (κ1) is 20.1. The second kappa shape index (κ2) is 8.59. The zero-order valence-electron chi connectivity index (χ0n) is 17.3. The SMILES string of the molecule is C[NH+](C)CCCNc1[nH+]c(Nc2ccccc2)c(C#N)c2c1COC(C)(C)C2. The minimum Gasteiger partial charge on any atom is -0.370 e. The molecule has 148 valence electrons. The van der Waals surface area contributed by atoms with Crippen LogP contribution in [0.4, 0.5) is 17.3 Å². The van der Waals surface area contributed by atoms with Crippen LogP contribution in [-0.4, -0.2) is 32.8 Å². The molecule has 1 aliphatic heterocycles. The lowest BCUT2D eigenvalue weighted by atomic mass is 9.89. The van der Waals surface area contributed by atoms with E-state index in [0.29, 0.717) is 18.6 Å². The molecule has 2 aromatic rings. The van der Waals surface area contributed by atoms with Crippen molar-refractivity contribution in [2.24, 2.45) is 0 Å². The Balaban J connectivity index is 1.96. The molecule has 28 heavy (non-hydrogen) atoms. The number of benzene rings is 1. The van der Waals surface area contributed by atoms with Gasteiger partial charge in [-0.05, 0) is 31.5 Å². The third-order valence-corrected chi connectivity index (χ3v) is 4.99. The Kier molecular flexibility index (Phi) is 6.18. The summed E-state index contributed by atoms with van der Waals surface area (Å²) in [4.78, 5) is 4.86. The van der Waals surface area contributed by atoms with E-state index in [-0.39, 0.29) is 5.60 Å². The molecule has 2 heterocycles. The Labute approximate surface area is 167 Å². The Morgan fingerprint density at radius 1 is 1.18 bits per heavy atom. The second-order valence-corrected chi connectivity index (χ2v) is 8.27. The summed E-state index contributed by atoms with van der Waals surface area (Å²) in [5.74, 6) is 1.67. The summed E-state index contributed by atoms with van der Waals surface area (Å²) in [5, 5.41) is 16.8. The predicted molar refractivity (Wildman–Crippen MR) is 111 cm³/mol. The summed E-state index contributed by atoms with van der Waals surface area (Å²) in [7, 11) is 4.32. The lowest BCUT2D eigenvalue weighted by Gasteiger charge is -2.32. The highest BCUT2D eigenvalue weighted by Crippen LogP contribution is 2.35. The predicted octanol–water partition coefficient (Wildman–Crippen LogP) is 1.91. The van der Waals surface area contributed by atoms with Crippen molar-refractivity contribution in [2.75, 3.05) is 37.8 Å². The average molecular weight is 382 g/mol. The van der Waals surface area contributed by atoms with E-state index in [4.69, 9.17) is 4.74 Å². The van der Waals surface area contributed by atoms with Gasteiger partial charge in [0.2, 0.25) is 11.6 Å². The molecule has 1 aromatic heterocycles. The lowest BCUT2D eigenvalue weighted by molar-refractivity contribution is -0.858. The van der Waals surface area contributed by atoms with Gasteiger partial charge in [-0.25, -0.2) is 4.98 Å². The Morgan fingerprint density at radius 3 is 2.61 bits per heavy atom. The Hall–Kier alpha value is -2.62. The first-order chi connectivity index (χ1) is 13.4. The van der Waals surface area contributed by atoms with E-state index in [1.165, 1.54) is 4.90 Å². The van der Waals surface area contributed by atoms with Crippen molar-refractivity contribution in [1.29, 1.82) is 5.26 Å². The summed E-state index contributed by atoms with van der Waals surface area (Å²) in [6.07, 6.45) is 1.78. The van der Waals surface area contributed by atoms with Gasteiger partial charge in [0.05, 0.1) is 50.6 Å². The Morgan fingerprint density at radius 2 is 1.93 bits per heavy atom. The van der Waals surface area contributed by atoms with Crippen molar-refractivity contribution in [2.45, 2.75) is 38.9 Å². The molecule has 0 atom stereocenters. The molecule has 6 nitrogen and oxygen atoms in total. The van der Waals surface area contributed by atoms with Crippen molar-refractivity contribution in [1.82, 2.24) is 0 Å². The van der Waals surface area contributed by atoms with E-state index >= 15 is 0 Å². The van der Waals surface area contributed by atoms with Gasteiger partial charge in [-0.2, -0.15) is 5.26 Å². The zero-order chi connectivity index (χ0) is 20.1. The normalized spacial score (nSPS) is 15.0. The lowest BCUT2D eigenvalue weighted by Crippen LogP contribution is -3.05. The van der Waals surface area contributed by atoms with E-state index < -0.39 is 0 Å². The average Bonchev–Trinajstić information content (AvgIpc) is 2.65. The highest BCUT2D eigenvalue weighted by atomic mass is 16.5. The highest BCUT2D eigenvalue weighted by Gasteiger charge is 2.33. The summed E-state index contributed by atoms with van der Waals surface area (Å²) in [5.41, 5.74) is 3.46. The molecule has 3 rings (SSSR count). The number of para-hydroxylation sites is 1. The van der Waals surface area contributed by atoms with Gasteiger partial charge in [0, 0.05) is 12.8 Å². The number of hydrogen-bond acceptors (Lipinski definition) is 4. The van der Waals surface area contributed by atoms with Crippen LogP contribution >= 0.6 is 0 Å². The second-order valence-electron chi connectivity index (χ2n) is 8.27. The topological polar surface area (TPSA) is 75.7 Å². The summed E-state index contributed by atoms with van der Waals surface area (Å²) >= 11 is 0. The maximum Gasteiger partial charge on any atom is 0.242 e. The maximum absolute atomic E-state index is 9.91. The van der Waals surface area contributed by atoms with E-state index in [1.54, 1.807) is 0 Å². The van der Waals surface area contributed by atoms with Crippen LogP contribution in [-0.2, 0) is 17.8 Å². The quantitative estimate of drug-likeness (QED) is 0.641. The number of nitrogens with zero attached hydrogens (tertiary/aromatic N) is 1. The van der Waals surface area contributed by atoms with Gasteiger partial charge in [-0.1, -0.05) is 18.2 Å². The highest BCUT2D eigenvalue weighted by molar-refractivity contribution is 5.66. The molecule has 0 radical (unpaired) electrons. The number of nitriles is 1. The van der Waals surface area contributed by atoms with Gasteiger partial charge in [-0.3, -0.25) is 5.32 Å². The number of hydrogen-bond donors (Lipinski definition) is 3. The van der Waals surface area contributed by atoms with Crippen LogP contribution in [0.1, 0.15) is 37.0 Å². The molecule has 0 unspecified atom stereocenters. The fourth-order valence-corrected chi connectivity index (χ4v) is 3.50. The number of pyridine rings is 1. The van der Waals surface area contributed by atoms with Crippen molar-refractivity contribution >= 4 is 17.3 Å². The number of aromatic nitrogens is 1. The first-order valence-electron chi connectivity index (χ1n) is 9.89. The number of rotatable bonds is 7.